The molecule has 0 aromatic carbocycles. The summed E-state index contributed by atoms with van der Waals surface area (Å²) in [7, 11) is 0. The van der Waals surface area contributed by atoms with Crippen molar-refractivity contribution in [2.75, 3.05) is 6.54 Å². The molecular weight excluding hydrogens is 188 g/mol. The molecule has 1 fully saturated rings. The van der Waals surface area contributed by atoms with Crippen LogP contribution in [0.25, 0.3) is 0 Å². The van der Waals surface area contributed by atoms with E-state index in [2.05, 4.69) is 11.9 Å². The molecule has 1 aliphatic carbocycles. The van der Waals surface area contributed by atoms with Gasteiger partial charge in [0.25, 0.3) is 0 Å². The number of amides is 1. The fourth-order valence-electron chi connectivity index (χ4n) is 2.12. The zero-order chi connectivity index (χ0) is 11.3. The summed E-state index contributed by atoms with van der Waals surface area (Å²) in [5.74, 6) is -0.0486. The molecule has 1 rings (SSSR count). The molecular formula is C12H22N2O. The van der Waals surface area contributed by atoms with Crippen molar-refractivity contribution < 1.29 is 4.79 Å². The molecule has 15 heavy (non-hydrogen) atoms. The van der Waals surface area contributed by atoms with Crippen molar-refractivity contribution in [3.8, 4) is 0 Å². The highest BCUT2D eigenvalue weighted by Gasteiger charge is 2.28. The lowest BCUT2D eigenvalue weighted by molar-refractivity contribution is -0.117. The molecule has 0 aromatic rings. The molecule has 1 saturated carbocycles. The van der Waals surface area contributed by atoms with Crippen LogP contribution < -0.4 is 11.1 Å². The van der Waals surface area contributed by atoms with Crippen molar-refractivity contribution >= 4 is 5.91 Å². The average molecular weight is 210 g/mol. The summed E-state index contributed by atoms with van der Waals surface area (Å²) < 4.78 is 0. The van der Waals surface area contributed by atoms with Crippen molar-refractivity contribution in [2.24, 2.45) is 5.73 Å². The first kappa shape index (κ1) is 12.2. The Morgan fingerprint density at radius 2 is 2.07 bits per heavy atom. The van der Waals surface area contributed by atoms with Gasteiger partial charge in [0.2, 0.25) is 5.91 Å². The zero-order valence-corrected chi connectivity index (χ0v) is 9.64. The molecule has 0 radical (unpaired) electrons. The second kappa shape index (κ2) is 5.31. The maximum Gasteiger partial charge on any atom is 0.246 e. The van der Waals surface area contributed by atoms with E-state index in [1.165, 1.54) is 12.8 Å². The lowest BCUT2D eigenvalue weighted by atomic mass is 9.93. The topological polar surface area (TPSA) is 55.1 Å². The molecule has 0 heterocycles. The maximum absolute atomic E-state index is 11.2. The predicted octanol–water partition coefficient (Wildman–Crippen LogP) is 1.73. The molecule has 0 unspecified atom stereocenters. The second-order valence-corrected chi connectivity index (χ2v) is 4.71. The number of nitrogens with one attached hydrogen (secondary N) is 1. The van der Waals surface area contributed by atoms with Gasteiger partial charge in [0, 0.05) is 17.7 Å². The fraction of sp³-hybridized carbons (Fsp3) is 0.750. The Morgan fingerprint density at radius 1 is 1.47 bits per heavy atom. The van der Waals surface area contributed by atoms with Crippen LogP contribution in [0.2, 0.25) is 0 Å². The van der Waals surface area contributed by atoms with Gasteiger partial charge in [-0.1, -0.05) is 19.4 Å². The Hall–Kier alpha value is -0.830. The van der Waals surface area contributed by atoms with E-state index < -0.39 is 0 Å². The van der Waals surface area contributed by atoms with E-state index in [9.17, 15) is 4.79 Å². The summed E-state index contributed by atoms with van der Waals surface area (Å²) in [6.07, 6.45) is 6.78. The van der Waals surface area contributed by atoms with Crippen LogP contribution in [0.3, 0.4) is 0 Å². The molecule has 3 nitrogen and oxygen atoms in total. The van der Waals surface area contributed by atoms with Gasteiger partial charge in [-0.3, -0.25) is 4.79 Å². The van der Waals surface area contributed by atoms with E-state index in [-0.39, 0.29) is 11.4 Å². The van der Waals surface area contributed by atoms with Crippen molar-refractivity contribution in [3.63, 3.8) is 0 Å². The summed E-state index contributed by atoms with van der Waals surface area (Å²) in [6.45, 7) is 6.02. The zero-order valence-electron chi connectivity index (χ0n) is 9.64. The minimum absolute atomic E-state index is 0.0486. The van der Waals surface area contributed by atoms with Crippen LogP contribution in [-0.4, -0.2) is 18.0 Å². The van der Waals surface area contributed by atoms with E-state index in [1.54, 1.807) is 6.92 Å². The lowest BCUT2D eigenvalue weighted by Crippen LogP contribution is -2.37. The normalized spacial score (nSPS) is 18.8. The Morgan fingerprint density at radius 3 is 2.60 bits per heavy atom. The van der Waals surface area contributed by atoms with Crippen molar-refractivity contribution in [1.29, 1.82) is 0 Å². The van der Waals surface area contributed by atoms with Gasteiger partial charge in [-0.25, -0.2) is 0 Å². The van der Waals surface area contributed by atoms with Gasteiger partial charge in [-0.2, -0.15) is 0 Å². The first-order valence-electron chi connectivity index (χ1n) is 5.76. The summed E-state index contributed by atoms with van der Waals surface area (Å²) >= 11 is 0. The van der Waals surface area contributed by atoms with E-state index >= 15 is 0 Å². The van der Waals surface area contributed by atoms with Gasteiger partial charge >= 0.3 is 0 Å². The average Bonchev–Trinajstić information content (AvgIpc) is 2.60. The highest BCUT2D eigenvalue weighted by molar-refractivity contribution is 5.91. The largest absolute Gasteiger partial charge is 0.352 e. The lowest BCUT2D eigenvalue weighted by Gasteiger charge is -2.23. The molecule has 0 bridgehead atoms. The van der Waals surface area contributed by atoms with Gasteiger partial charge in [-0.15, -0.1) is 0 Å². The molecule has 1 amide bonds. The standard InChI is InChI=1S/C12H22N2O/c1-10(2)11(15)14-9-5-8-12(13)6-3-4-7-12/h1,3-9,13H2,2H3,(H,14,15). The minimum Gasteiger partial charge on any atom is -0.352 e. The minimum atomic E-state index is -0.0486. The summed E-state index contributed by atoms with van der Waals surface area (Å²) in [5.41, 5.74) is 6.82. The van der Waals surface area contributed by atoms with Crippen LogP contribution in [-0.2, 0) is 4.79 Å². The smallest absolute Gasteiger partial charge is 0.246 e. The van der Waals surface area contributed by atoms with Crippen LogP contribution in [0, 0.1) is 0 Å². The highest BCUT2D eigenvalue weighted by Crippen LogP contribution is 2.30. The molecule has 3 N–H and O–H groups in total. The summed E-state index contributed by atoms with van der Waals surface area (Å²) in [4.78, 5) is 11.2. The van der Waals surface area contributed by atoms with E-state index in [0.717, 1.165) is 25.7 Å². The van der Waals surface area contributed by atoms with Gasteiger partial charge in [0.1, 0.15) is 0 Å². The third-order valence-electron chi connectivity index (χ3n) is 3.12. The SMILES string of the molecule is C=C(C)C(=O)NCCCC1(N)CCCC1. The molecule has 3 heteroatoms. The van der Waals surface area contributed by atoms with Gasteiger partial charge < -0.3 is 11.1 Å². The number of nitrogens with two attached hydrogens (primary N) is 1. The monoisotopic (exact) mass is 210 g/mol. The van der Waals surface area contributed by atoms with Crippen LogP contribution in [0.15, 0.2) is 12.2 Å². The van der Waals surface area contributed by atoms with Crippen LogP contribution in [0.1, 0.15) is 45.4 Å². The third kappa shape index (κ3) is 4.04. The Kier molecular flexibility index (Phi) is 4.33. The number of rotatable bonds is 5. The van der Waals surface area contributed by atoms with Crippen molar-refractivity contribution in [1.82, 2.24) is 5.32 Å². The fourth-order valence-corrected chi connectivity index (χ4v) is 2.12. The van der Waals surface area contributed by atoms with E-state index in [4.69, 9.17) is 5.73 Å². The number of hydrogen-bond donors (Lipinski definition) is 2. The number of hydrogen-bond acceptors (Lipinski definition) is 2. The van der Waals surface area contributed by atoms with Gasteiger partial charge in [0.15, 0.2) is 0 Å². The Labute approximate surface area is 92.1 Å². The highest BCUT2D eigenvalue weighted by atomic mass is 16.1. The predicted molar refractivity (Wildman–Crippen MR) is 62.4 cm³/mol. The second-order valence-electron chi connectivity index (χ2n) is 4.71. The van der Waals surface area contributed by atoms with Crippen molar-refractivity contribution in [2.45, 2.75) is 51.0 Å². The summed E-state index contributed by atoms with van der Waals surface area (Å²) in [5, 5.41) is 2.83. The third-order valence-corrected chi connectivity index (χ3v) is 3.12. The Bertz CT molecular complexity index is 242. The number of carbonyl (C=O) groups is 1. The Balaban J connectivity index is 2.11. The van der Waals surface area contributed by atoms with E-state index in [0.29, 0.717) is 12.1 Å². The van der Waals surface area contributed by atoms with Crippen LogP contribution in [0.4, 0.5) is 0 Å². The quantitative estimate of drug-likeness (QED) is 0.536. The molecule has 0 aliphatic heterocycles. The van der Waals surface area contributed by atoms with Crippen molar-refractivity contribution in [3.05, 3.63) is 12.2 Å². The van der Waals surface area contributed by atoms with Crippen LogP contribution in [0.5, 0.6) is 0 Å². The van der Waals surface area contributed by atoms with E-state index in [1.807, 2.05) is 0 Å². The molecule has 0 atom stereocenters. The number of carbonyl (C=O) groups excluding carboxylic acids is 1. The first-order valence-corrected chi connectivity index (χ1v) is 5.76. The molecule has 0 spiro atoms. The molecule has 1 aliphatic rings. The van der Waals surface area contributed by atoms with Crippen LogP contribution >= 0.6 is 0 Å². The molecule has 0 saturated heterocycles. The summed E-state index contributed by atoms with van der Waals surface area (Å²) in [6, 6.07) is 0. The molecule has 0 aromatic heterocycles. The van der Waals surface area contributed by atoms with Gasteiger partial charge in [-0.05, 0) is 32.6 Å². The van der Waals surface area contributed by atoms with Gasteiger partial charge in [0.05, 0.1) is 0 Å². The first-order chi connectivity index (χ1) is 7.03. The maximum atomic E-state index is 11.2. The molecule has 86 valence electrons.